The molecule has 0 aliphatic carbocycles. The summed E-state index contributed by atoms with van der Waals surface area (Å²) in [5.74, 6) is -1.60. The molecule has 0 aliphatic heterocycles. The van der Waals surface area contributed by atoms with Crippen LogP contribution in [0, 0.1) is 0 Å². The van der Waals surface area contributed by atoms with Crippen LogP contribution in [0.5, 0.6) is 0 Å². The SMILES string of the molecule is C[C@H](O[C@H](NC(=O)CCCCCCN=[N+]=[N-])C(=O)O)c1ccc2ccccc2c1. The lowest BCUT2D eigenvalue weighted by atomic mass is 10.0. The van der Waals surface area contributed by atoms with Gasteiger partial charge in [0.2, 0.25) is 12.1 Å². The molecule has 0 radical (unpaired) electrons. The average molecular weight is 398 g/mol. The van der Waals surface area contributed by atoms with Crippen LogP contribution < -0.4 is 5.32 Å². The van der Waals surface area contributed by atoms with Gasteiger partial charge in [-0.2, -0.15) is 0 Å². The van der Waals surface area contributed by atoms with Gasteiger partial charge < -0.3 is 15.2 Å². The molecule has 0 fully saturated rings. The first-order chi connectivity index (χ1) is 14.0. The molecular weight excluding hydrogens is 372 g/mol. The van der Waals surface area contributed by atoms with Gasteiger partial charge in [-0.25, -0.2) is 4.79 Å². The maximum atomic E-state index is 12.1. The van der Waals surface area contributed by atoms with Crippen LogP contribution in [0.2, 0.25) is 0 Å². The number of amides is 1. The smallest absolute Gasteiger partial charge is 0.354 e. The zero-order valence-electron chi connectivity index (χ0n) is 16.5. The number of fused-ring (bicyclic) bond motifs is 1. The Kier molecular flexibility index (Phi) is 8.95. The summed E-state index contributed by atoms with van der Waals surface area (Å²) in [4.78, 5) is 26.3. The van der Waals surface area contributed by atoms with Gasteiger partial charge in [0.05, 0.1) is 6.10 Å². The number of benzene rings is 2. The largest absolute Gasteiger partial charge is 0.478 e. The third-order valence-electron chi connectivity index (χ3n) is 4.57. The molecule has 0 spiro atoms. The third-order valence-corrected chi connectivity index (χ3v) is 4.57. The molecule has 154 valence electrons. The first-order valence-electron chi connectivity index (χ1n) is 9.68. The zero-order chi connectivity index (χ0) is 21.1. The molecule has 0 bridgehead atoms. The number of nitrogens with zero attached hydrogens (tertiary/aromatic N) is 3. The molecule has 2 atom stereocenters. The fourth-order valence-corrected chi connectivity index (χ4v) is 2.98. The Balaban J connectivity index is 1.84. The summed E-state index contributed by atoms with van der Waals surface area (Å²) in [5, 5.41) is 17.4. The van der Waals surface area contributed by atoms with Crippen molar-refractivity contribution in [2.75, 3.05) is 6.54 Å². The van der Waals surface area contributed by atoms with Gasteiger partial charge in [0.25, 0.3) is 0 Å². The van der Waals surface area contributed by atoms with Gasteiger partial charge in [0.15, 0.2) is 0 Å². The van der Waals surface area contributed by atoms with Crippen LogP contribution in [-0.2, 0) is 14.3 Å². The number of hydrogen-bond donors (Lipinski definition) is 2. The molecule has 2 aromatic rings. The maximum Gasteiger partial charge on any atom is 0.354 e. The number of carbonyl (C=O) groups excluding carboxylic acids is 1. The van der Waals surface area contributed by atoms with Crippen LogP contribution in [0.25, 0.3) is 21.2 Å². The van der Waals surface area contributed by atoms with E-state index in [0.717, 1.165) is 35.6 Å². The minimum absolute atomic E-state index is 0.221. The lowest BCUT2D eigenvalue weighted by molar-refractivity contribution is -0.160. The highest BCUT2D eigenvalue weighted by Gasteiger charge is 2.23. The van der Waals surface area contributed by atoms with E-state index in [-0.39, 0.29) is 12.3 Å². The molecule has 2 N–H and O–H groups in total. The highest BCUT2D eigenvalue weighted by Crippen LogP contribution is 2.23. The standard InChI is InChI=1S/C21H26N4O4/c1-15(17-12-11-16-8-5-6-9-18(16)14-17)29-20(21(27)28)24-19(26)10-4-2-3-7-13-23-25-22/h5-6,8-9,11-12,14-15,20H,2-4,7,10,13H2,1H3,(H,24,26)(H,27,28)/t15-,20-/m0/s1. The van der Waals surface area contributed by atoms with Gasteiger partial charge in [-0.3, -0.25) is 4.79 Å². The van der Waals surface area contributed by atoms with Crippen molar-refractivity contribution in [2.24, 2.45) is 5.11 Å². The second kappa shape index (κ2) is 11.7. The van der Waals surface area contributed by atoms with Gasteiger partial charge in [0, 0.05) is 17.9 Å². The maximum absolute atomic E-state index is 12.1. The first-order valence-corrected chi connectivity index (χ1v) is 9.68. The Morgan fingerprint density at radius 2 is 1.86 bits per heavy atom. The Bertz CT molecular complexity index is 880. The summed E-state index contributed by atoms with van der Waals surface area (Å²) < 4.78 is 5.61. The average Bonchev–Trinajstić information content (AvgIpc) is 2.72. The van der Waals surface area contributed by atoms with Crippen molar-refractivity contribution in [3.05, 3.63) is 58.5 Å². The van der Waals surface area contributed by atoms with Gasteiger partial charge in [-0.05, 0) is 47.7 Å². The quantitative estimate of drug-likeness (QED) is 0.177. The summed E-state index contributed by atoms with van der Waals surface area (Å²) in [6.45, 7) is 2.21. The minimum Gasteiger partial charge on any atom is -0.478 e. The van der Waals surface area contributed by atoms with Crippen LogP contribution in [0.15, 0.2) is 47.6 Å². The molecule has 0 aromatic heterocycles. The number of nitrogens with one attached hydrogen (secondary N) is 1. The second-order valence-electron chi connectivity index (χ2n) is 6.79. The molecule has 8 nitrogen and oxygen atoms in total. The summed E-state index contributed by atoms with van der Waals surface area (Å²) in [6, 6.07) is 13.7. The van der Waals surface area contributed by atoms with Crippen LogP contribution in [-0.4, -0.2) is 29.8 Å². The van der Waals surface area contributed by atoms with E-state index in [0.29, 0.717) is 13.0 Å². The second-order valence-corrected chi connectivity index (χ2v) is 6.79. The fourth-order valence-electron chi connectivity index (χ4n) is 2.98. The molecule has 0 saturated heterocycles. The van der Waals surface area contributed by atoms with Crippen LogP contribution in [0.4, 0.5) is 0 Å². The molecule has 0 saturated carbocycles. The number of azide groups is 1. The van der Waals surface area contributed by atoms with Crippen LogP contribution in [0.1, 0.15) is 50.7 Å². The number of rotatable bonds is 12. The number of carboxylic acids is 1. The molecule has 0 unspecified atom stereocenters. The van der Waals surface area contributed by atoms with Gasteiger partial charge in [0.1, 0.15) is 0 Å². The Morgan fingerprint density at radius 3 is 2.59 bits per heavy atom. The van der Waals surface area contributed by atoms with Gasteiger partial charge in [-0.1, -0.05) is 54.4 Å². The van der Waals surface area contributed by atoms with E-state index in [2.05, 4.69) is 15.3 Å². The predicted molar refractivity (Wildman–Crippen MR) is 110 cm³/mol. The fraction of sp³-hybridized carbons (Fsp3) is 0.429. The van der Waals surface area contributed by atoms with E-state index in [1.165, 1.54) is 0 Å². The molecule has 0 heterocycles. The molecule has 1 amide bonds. The molecule has 29 heavy (non-hydrogen) atoms. The van der Waals surface area contributed by atoms with E-state index >= 15 is 0 Å². The van der Waals surface area contributed by atoms with E-state index in [1.807, 2.05) is 42.5 Å². The highest BCUT2D eigenvalue weighted by atomic mass is 16.5. The first kappa shape index (κ1) is 22.2. The highest BCUT2D eigenvalue weighted by molar-refractivity contribution is 5.83. The van der Waals surface area contributed by atoms with Crippen molar-refractivity contribution in [1.82, 2.24) is 5.32 Å². The molecule has 0 aliphatic rings. The number of carbonyl (C=O) groups is 2. The Labute approximate surface area is 169 Å². The molecular formula is C21H26N4O4. The van der Waals surface area contributed by atoms with Gasteiger partial charge >= 0.3 is 5.97 Å². The molecule has 8 heteroatoms. The number of ether oxygens (including phenoxy) is 1. The lowest BCUT2D eigenvalue weighted by Crippen LogP contribution is -2.43. The topological polar surface area (TPSA) is 124 Å². The predicted octanol–water partition coefficient (Wildman–Crippen LogP) is 4.71. The Hall–Kier alpha value is -3.09. The minimum atomic E-state index is -1.41. The molecule has 2 rings (SSSR count). The van der Waals surface area contributed by atoms with Gasteiger partial charge in [-0.15, -0.1) is 0 Å². The van der Waals surface area contributed by atoms with E-state index in [1.54, 1.807) is 6.92 Å². The van der Waals surface area contributed by atoms with E-state index < -0.39 is 18.3 Å². The van der Waals surface area contributed by atoms with Crippen molar-refractivity contribution in [1.29, 1.82) is 0 Å². The number of hydrogen-bond acceptors (Lipinski definition) is 4. The van der Waals surface area contributed by atoms with Crippen molar-refractivity contribution in [3.63, 3.8) is 0 Å². The van der Waals surface area contributed by atoms with Crippen LogP contribution in [0.3, 0.4) is 0 Å². The zero-order valence-corrected chi connectivity index (χ0v) is 16.5. The summed E-state index contributed by atoms with van der Waals surface area (Å²) >= 11 is 0. The Morgan fingerprint density at radius 1 is 1.14 bits per heavy atom. The normalized spacial score (nSPS) is 12.7. The van der Waals surface area contributed by atoms with E-state index in [9.17, 15) is 14.7 Å². The monoisotopic (exact) mass is 398 g/mol. The van der Waals surface area contributed by atoms with Crippen molar-refractivity contribution in [3.8, 4) is 0 Å². The summed E-state index contributed by atoms with van der Waals surface area (Å²) in [6.07, 6.45) is 1.38. The molecule has 2 aromatic carbocycles. The van der Waals surface area contributed by atoms with Crippen molar-refractivity contribution < 1.29 is 19.4 Å². The van der Waals surface area contributed by atoms with Crippen molar-refractivity contribution in [2.45, 2.75) is 51.4 Å². The third kappa shape index (κ3) is 7.44. The number of aliphatic carboxylic acids is 1. The number of unbranched alkanes of at least 4 members (excludes halogenated alkanes) is 3. The van der Waals surface area contributed by atoms with Crippen LogP contribution >= 0.6 is 0 Å². The van der Waals surface area contributed by atoms with Crippen molar-refractivity contribution >= 4 is 22.6 Å². The van der Waals surface area contributed by atoms with E-state index in [4.69, 9.17) is 10.3 Å². The summed E-state index contributed by atoms with van der Waals surface area (Å²) in [5.41, 5.74) is 9.04. The lowest BCUT2D eigenvalue weighted by Gasteiger charge is -2.21. The number of carboxylic acid groups (broad SMARTS) is 1. The summed E-state index contributed by atoms with van der Waals surface area (Å²) in [7, 11) is 0.